The first-order valence-corrected chi connectivity index (χ1v) is 5.66. The molecule has 86 valence electrons. The van der Waals surface area contributed by atoms with E-state index in [9.17, 15) is 4.79 Å². The SMILES string of the molecule is O=Cc1cc(Cl)ccc1OC[C@H]1CCCO1. The lowest BCUT2D eigenvalue weighted by Crippen LogP contribution is -2.16. The highest BCUT2D eigenvalue weighted by Crippen LogP contribution is 2.22. The minimum atomic E-state index is 0.148. The Labute approximate surface area is 99.3 Å². The molecule has 1 atom stereocenters. The first kappa shape index (κ1) is 11.4. The van der Waals surface area contributed by atoms with E-state index >= 15 is 0 Å². The van der Waals surface area contributed by atoms with Gasteiger partial charge >= 0.3 is 0 Å². The van der Waals surface area contributed by atoms with Gasteiger partial charge in [-0.05, 0) is 31.0 Å². The van der Waals surface area contributed by atoms with E-state index in [-0.39, 0.29) is 6.10 Å². The van der Waals surface area contributed by atoms with Crippen LogP contribution in [-0.2, 0) is 4.74 Å². The molecular weight excluding hydrogens is 228 g/mol. The van der Waals surface area contributed by atoms with Crippen LogP contribution in [0.1, 0.15) is 23.2 Å². The number of halogens is 1. The maximum Gasteiger partial charge on any atom is 0.153 e. The number of carbonyl (C=O) groups excluding carboxylic acids is 1. The molecule has 3 nitrogen and oxygen atoms in total. The number of benzene rings is 1. The average molecular weight is 241 g/mol. The van der Waals surface area contributed by atoms with Crippen molar-refractivity contribution in [1.82, 2.24) is 0 Å². The van der Waals surface area contributed by atoms with Crippen molar-refractivity contribution in [3.63, 3.8) is 0 Å². The van der Waals surface area contributed by atoms with E-state index in [4.69, 9.17) is 21.1 Å². The number of ether oxygens (including phenoxy) is 2. The van der Waals surface area contributed by atoms with E-state index in [0.717, 1.165) is 25.7 Å². The van der Waals surface area contributed by atoms with Crippen molar-refractivity contribution in [2.45, 2.75) is 18.9 Å². The number of aldehydes is 1. The number of hydrogen-bond donors (Lipinski definition) is 0. The third-order valence-corrected chi connectivity index (χ3v) is 2.78. The van der Waals surface area contributed by atoms with Gasteiger partial charge in [0.25, 0.3) is 0 Å². The molecule has 4 heteroatoms. The second-order valence-corrected chi connectivity index (χ2v) is 4.18. The predicted octanol–water partition coefficient (Wildman–Crippen LogP) is 2.71. The number of carbonyl (C=O) groups is 1. The van der Waals surface area contributed by atoms with Crippen molar-refractivity contribution in [2.24, 2.45) is 0 Å². The van der Waals surface area contributed by atoms with Crippen molar-refractivity contribution in [1.29, 1.82) is 0 Å². The van der Waals surface area contributed by atoms with Crippen LogP contribution in [0.15, 0.2) is 18.2 Å². The Bertz CT molecular complexity index is 373. The molecule has 1 saturated heterocycles. The van der Waals surface area contributed by atoms with Crippen molar-refractivity contribution in [3.8, 4) is 5.75 Å². The van der Waals surface area contributed by atoms with Crippen LogP contribution >= 0.6 is 11.6 Å². The van der Waals surface area contributed by atoms with Crippen molar-refractivity contribution in [2.75, 3.05) is 13.2 Å². The lowest BCUT2D eigenvalue weighted by molar-refractivity contribution is 0.0675. The van der Waals surface area contributed by atoms with Crippen LogP contribution < -0.4 is 4.74 Å². The van der Waals surface area contributed by atoms with Crippen LogP contribution in [0.4, 0.5) is 0 Å². The molecule has 0 amide bonds. The zero-order valence-electron chi connectivity index (χ0n) is 8.82. The quantitative estimate of drug-likeness (QED) is 0.759. The fourth-order valence-corrected chi connectivity index (χ4v) is 1.88. The summed E-state index contributed by atoms with van der Waals surface area (Å²) in [6.45, 7) is 1.29. The summed E-state index contributed by atoms with van der Waals surface area (Å²) < 4.78 is 11.0. The number of hydrogen-bond acceptors (Lipinski definition) is 3. The smallest absolute Gasteiger partial charge is 0.153 e. The van der Waals surface area contributed by atoms with Gasteiger partial charge in [0, 0.05) is 11.6 Å². The summed E-state index contributed by atoms with van der Waals surface area (Å²) in [5.41, 5.74) is 0.477. The van der Waals surface area contributed by atoms with Crippen LogP contribution in [0.5, 0.6) is 5.75 Å². The molecule has 1 aliphatic heterocycles. The maximum atomic E-state index is 10.8. The van der Waals surface area contributed by atoms with Gasteiger partial charge in [-0.25, -0.2) is 0 Å². The second-order valence-electron chi connectivity index (χ2n) is 3.75. The van der Waals surface area contributed by atoms with Gasteiger partial charge in [-0.3, -0.25) is 4.79 Å². The first-order valence-electron chi connectivity index (χ1n) is 5.29. The summed E-state index contributed by atoms with van der Waals surface area (Å²) in [6, 6.07) is 5.01. The van der Waals surface area contributed by atoms with E-state index in [1.165, 1.54) is 0 Å². The van der Waals surface area contributed by atoms with E-state index in [1.807, 2.05) is 0 Å². The third kappa shape index (κ3) is 2.74. The monoisotopic (exact) mass is 240 g/mol. The third-order valence-electron chi connectivity index (χ3n) is 2.55. The number of rotatable bonds is 4. The Balaban J connectivity index is 1.99. The highest BCUT2D eigenvalue weighted by Gasteiger charge is 2.16. The molecule has 16 heavy (non-hydrogen) atoms. The van der Waals surface area contributed by atoms with Gasteiger partial charge in [0.15, 0.2) is 6.29 Å². The van der Waals surface area contributed by atoms with Gasteiger partial charge in [-0.2, -0.15) is 0 Å². The Hall–Kier alpha value is -1.06. The molecule has 0 N–H and O–H groups in total. The summed E-state index contributed by atoms with van der Waals surface area (Å²) in [5, 5.41) is 0.534. The summed E-state index contributed by atoms with van der Waals surface area (Å²) in [4.78, 5) is 10.8. The molecule has 0 saturated carbocycles. The molecule has 0 aliphatic carbocycles. The lowest BCUT2D eigenvalue weighted by Gasteiger charge is -2.12. The fraction of sp³-hybridized carbons (Fsp3) is 0.417. The molecule has 0 spiro atoms. The molecule has 0 aromatic heterocycles. The molecular formula is C12H13ClO3. The van der Waals surface area contributed by atoms with Crippen LogP contribution in [-0.4, -0.2) is 25.6 Å². The summed E-state index contributed by atoms with van der Waals surface area (Å²) in [5.74, 6) is 0.565. The lowest BCUT2D eigenvalue weighted by atomic mass is 10.2. The second kappa shape index (κ2) is 5.32. The highest BCUT2D eigenvalue weighted by atomic mass is 35.5. The molecule has 0 unspecified atom stereocenters. The minimum Gasteiger partial charge on any atom is -0.490 e. The Kier molecular flexibility index (Phi) is 3.80. The summed E-state index contributed by atoms with van der Waals surface area (Å²) in [6.07, 6.45) is 2.99. The Morgan fingerprint density at radius 1 is 1.56 bits per heavy atom. The molecule has 1 aromatic rings. The molecule has 1 aliphatic rings. The van der Waals surface area contributed by atoms with E-state index < -0.39 is 0 Å². The average Bonchev–Trinajstić information content (AvgIpc) is 2.80. The van der Waals surface area contributed by atoms with E-state index in [1.54, 1.807) is 18.2 Å². The molecule has 1 aromatic carbocycles. The molecule has 1 fully saturated rings. The topological polar surface area (TPSA) is 35.5 Å². The predicted molar refractivity (Wildman–Crippen MR) is 61.3 cm³/mol. The zero-order valence-corrected chi connectivity index (χ0v) is 9.57. The van der Waals surface area contributed by atoms with E-state index in [2.05, 4.69) is 0 Å². The maximum absolute atomic E-state index is 10.8. The fourth-order valence-electron chi connectivity index (χ4n) is 1.70. The molecule has 2 rings (SSSR count). The van der Waals surface area contributed by atoms with Gasteiger partial charge in [-0.1, -0.05) is 11.6 Å². The summed E-state index contributed by atoms with van der Waals surface area (Å²) in [7, 11) is 0. The van der Waals surface area contributed by atoms with Gasteiger partial charge in [-0.15, -0.1) is 0 Å². The largest absolute Gasteiger partial charge is 0.490 e. The van der Waals surface area contributed by atoms with Crippen molar-refractivity contribution >= 4 is 17.9 Å². The van der Waals surface area contributed by atoms with Gasteiger partial charge < -0.3 is 9.47 Å². The first-order chi connectivity index (χ1) is 7.79. The van der Waals surface area contributed by atoms with Crippen molar-refractivity contribution < 1.29 is 14.3 Å². The van der Waals surface area contributed by atoms with Gasteiger partial charge in [0.2, 0.25) is 0 Å². The van der Waals surface area contributed by atoms with Crippen LogP contribution in [0, 0.1) is 0 Å². The highest BCUT2D eigenvalue weighted by molar-refractivity contribution is 6.30. The van der Waals surface area contributed by atoms with E-state index in [0.29, 0.717) is 22.9 Å². The molecule has 0 radical (unpaired) electrons. The standard InChI is InChI=1S/C12H13ClO3/c13-10-3-4-12(9(6-10)7-14)16-8-11-2-1-5-15-11/h3-4,6-7,11H,1-2,5,8H2/t11-/m1/s1. The summed E-state index contributed by atoms with van der Waals surface area (Å²) >= 11 is 5.78. The van der Waals surface area contributed by atoms with Crippen LogP contribution in [0.3, 0.4) is 0 Å². The van der Waals surface area contributed by atoms with Gasteiger partial charge in [0.1, 0.15) is 12.4 Å². The normalized spacial score (nSPS) is 19.7. The zero-order chi connectivity index (χ0) is 11.4. The van der Waals surface area contributed by atoms with Crippen molar-refractivity contribution in [3.05, 3.63) is 28.8 Å². The van der Waals surface area contributed by atoms with Gasteiger partial charge in [0.05, 0.1) is 11.7 Å². The molecule has 0 bridgehead atoms. The Morgan fingerprint density at radius 2 is 2.44 bits per heavy atom. The van der Waals surface area contributed by atoms with Crippen LogP contribution in [0.2, 0.25) is 5.02 Å². The molecule has 1 heterocycles. The Morgan fingerprint density at radius 3 is 3.12 bits per heavy atom. The minimum absolute atomic E-state index is 0.148. The van der Waals surface area contributed by atoms with Crippen LogP contribution in [0.25, 0.3) is 0 Å².